The predicted molar refractivity (Wildman–Crippen MR) is 46.4 cm³/mol. The molecule has 1 rings (SSSR count). The first-order valence-electron chi connectivity index (χ1n) is 2.41. The standard InChI is InChI=1S/C5H3ClFIN2/c6-10-5-3(7)1-9-2-4(5)8/h1-2H,(H,9,10). The van der Waals surface area contributed by atoms with Gasteiger partial charge in [0.25, 0.3) is 0 Å². The molecule has 0 aliphatic rings. The van der Waals surface area contributed by atoms with Crippen LogP contribution in [0.5, 0.6) is 0 Å². The van der Waals surface area contributed by atoms with E-state index in [4.69, 9.17) is 11.8 Å². The summed E-state index contributed by atoms with van der Waals surface area (Å²) in [6.45, 7) is 0. The first kappa shape index (κ1) is 8.00. The molecular weight excluding hydrogens is 269 g/mol. The number of hydrogen-bond acceptors (Lipinski definition) is 2. The van der Waals surface area contributed by atoms with Crippen molar-refractivity contribution in [2.75, 3.05) is 4.84 Å². The summed E-state index contributed by atoms with van der Waals surface area (Å²) in [6, 6.07) is 0. The van der Waals surface area contributed by atoms with Crippen molar-refractivity contribution in [2.24, 2.45) is 0 Å². The highest BCUT2D eigenvalue weighted by molar-refractivity contribution is 14.1. The first-order valence-corrected chi connectivity index (χ1v) is 3.87. The van der Waals surface area contributed by atoms with Gasteiger partial charge in [-0.2, -0.15) is 0 Å². The number of halogens is 3. The highest BCUT2D eigenvalue weighted by Crippen LogP contribution is 2.20. The van der Waals surface area contributed by atoms with Crippen molar-refractivity contribution in [3.8, 4) is 0 Å². The Hall–Kier alpha value is -0.100. The Labute approximate surface area is 76.0 Å². The molecule has 2 nitrogen and oxygen atoms in total. The summed E-state index contributed by atoms with van der Waals surface area (Å²) in [5, 5.41) is 0. The zero-order chi connectivity index (χ0) is 7.56. The molecule has 10 heavy (non-hydrogen) atoms. The van der Waals surface area contributed by atoms with Crippen LogP contribution in [0.25, 0.3) is 0 Å². The van der Waals surface area contributed by atoms with Gasteiger partial charge in [0.2, 0.25) is 0 Å². The minimum absolute atomic E-state index is 0.275. The normalized spacial score (nSPS) is 9.50. The molecule has 0 aliphatic heterocycles. The van der Waals surface area contributed by atoms with E-state index in [1.54, 1.807) is 0 Å². The third-order valence-corrected chi connectivity index (χ3v) is 1.95. The number of nitrogens with zero attached hydrogens (tertiary/aromatic N) is 1. The lowest BCUT2D eigenvalue weighted by Gasteiger charge is -1.99. The zero-order valence-electron chi connectivity index (χ0n) is 4.74. The van der Waals surface area contributed by atoms with E-state index in [1.807, 2.05) is 22.6 Å². The van der Waals surface area contributed by atoms with Crippen LogP contribution in [-0.2, 0) is 0 Å². The summed E-state index contributed by atoms with van der Waals surface area (Å²) < 4.78 is 13.3. The molecule has 0 aromatic carbocycles. The molecule has 0 saturated carbocycles. The number of anilines is 1. The molecular formula is C5H3ClFIN2. The highest BCUT2D eigenvalue weighted by atomic mass is 127. The molecule has 1 heterocycles. The summed E-state index contributed by atoms with van der Waals surface area (Å²) in [7, 11) is 0. The van der Waals surface area contributed by atoms with Gasteiger partial charge in [0.15, 0.2) is 5.82 Å². The second kappa shape index (κ2) is 3.34. The second-order valence-corrected chi connectivity index (χ2v) is 2.92. The van der Waals surface area contributed by atoms with Gasteiger partial charge in [-0.25, -0.2) is 4.39 Å². The smallest absolute Gasteiger partial charge is 0.166 e. The Balaban J connectivity index is 3.17. The molecule has 54 valence electrons. The van der Waals surface area contributed by atoms with Gasteiger partial charge < -0.3 is 0 Å². The van der Waals surface area contributed by atoms with E-state index in [0.29, 0.717) is 3.57 Å². The molecule has 5 heteroatoms. The summed E-state index contributed by atoms with van der Waals surface area (Å²) >= 11 is 7.15. The minimum atomic E-state index is -0.443. The van der Waals surface area contributed by atoms with Crippen molar-refractivity contribution in [3.05, 3.63) is 21.8 Å². The topological polar surface area (TPSA) is 24.9 Å². The number of pyridine rings is 1. The van der Waals surface area contributed by atoms with E-state index < -0.39 is 5.82 Å². The van der Waals surface area contributed by atoms with Gasteiger partial charge in [-0.1, -0.05) is 0 Å². The maximum Gasteiger partial charge on any atom is 0.166 e. The summed E-state index contributed by atoms with van der Waals surface area (Å²) in [6.07, 6.45) is 2.63. The first-order chi connectivity index (χ1) is 4.75. The molecule has 0 fully saturated rings. The molecule has 0 atom stereocenters. The van der Waals surface area contributed by atoms with Crippen LogP contribution < -0.4 is 4.84 Å². The fourth-order valence-corrected chi connectivity index (χ4v) is 1.41. The molecule has 0 spiro atoms. The van der Waals surface area contributed by atoms with Crippen LogP contribution in [-0.4, -0.2) is 4.98 Å². The van der Waals surface area contributed by atoms with Crippen molar-refractivity contribution in [1.29, 1.82) is 0 Å². The monoisotopic (exact) mass is 272 g/mol. The van der Waals surface area contributed by atoms with Crippen molar-refractivity contribution in [2.45, 2.75) is 0 Å². The van der Waals surface area contributed by atoms with E-state index in [-0.39, 0.29) is 5.69 Å². The van der Waals surface area contributed by atoms with Crippen LogP contribution in [0.4, 0.5) is 10.1 Å². The average molecular weight is 272 g/mol. The van der Waals surface area contributed by atoms with Gasteiger partial charge in [0.05, 0.1) is 9.77 Å². The maximum absolute atomic E-state index is 12.6. The van der Waals surface area contributed by atoms with E-state index in [2.05, 4.69) is 9.82 Å². The third-order valence-electron chi connectivity index (χ3n) is 0.948. The largest absolute Gasteiger partial charge is 0.294 e. The number of rotatable bonds is 1. The molecule has 0 unspecified atom stereocenters. The van der Waals surface area contributed by atoms with E-state index in [9.17, 15) is 4.39 Å². The molecule has 0 saturated heterocycles. The van der Waals surface area contributed by atoms with Crippen molar-refractivity contribution >= 4 is 40.1 Å². The molecule has 0 amide bonds. The lowest BCUT2D eigenvalue weighted by molar-refractivity contribution is 0.625. The van der Waals surface area contributed by atoms with Crippen molar-refractivity contribution < 1.29 is 4.39 Å². The Morgan fingerprint density at radius 2 is 2.30 bits per heavy atom. The molecule has 0 radical (unpaired) electrons. The molecule has 1 aromatic rings. The molecule has 1 N–H and O–H groups in total. The van der Waals surface area contributed by atoms with Crippen LogP contribution in [0.1, 0.15) is 0 Å². The second-order valence-electron chi connectivity index (χ2n) is 1.57. The zero-order valence-corrected chi connectivity index (χ0v) is 7.65. The molecule has 0 bridgehead atoms. The van der Waals surface area contributed by atoms with Gasteiger partial charge in [0, 0.05) is 18.0 Å². The average Bonchev–Trinajstić information content (AvgIpc) is 1.88. The van der Waals surface area contributed by atoms with Crippen molar-refractivity contribution in [1.82, 2.24) is 4.98 Å². The van der Waals surface area contributed by atoms with Crippen LogP contribution >= 0.6 is 34.4 Å². The van der Waals surface area contributed by atoms with Gasteiger partial charge in [0.1, 0.15) is 5.69 Å². The lowest BCUT2D eigenvalue weighted by atomic mass is 10.4. The number of aromatic nitrogens is 1. The van der Waals surface area contributed by atoms with Crippen LogP contribution in [0.2, 0.25) is 0 Å². The van der Waals surface area contributed by atoms with E-state index in [0.717, 1.165) is 6.20 Å². The van der Waals surface area contributed by atoms with Gasteiger partial charge in [-0.15, -0.1) is 0 Å². The van der Waals surface area contributed by atoms with Gasteiger partial charge >= 0.3 is 0 Å². The number of nitrogens with one attached hydrogen (secondary N) is 1. The molecule has 0 aliphatic carbocycles. The van der Waals surface area contributed by atoms with Crippen molar-refractivity contribution in [3.63, 3.8) is 0 Å². The summed E-state index contributed by atoms with van der Waals surface area (Å²) in [5.41, 5.74) is 0.275. The fraction of sp³-hybridized carbons (Fsp3) is 0. The predicted octanol–water partition coefficient (Wildman–Crippen LogP) is 2.39. The Bertz CT molecular complexity index is 223. The fourth-order valence-electron chi connectivity index (χ4n) is 0.502. The SMILES string of the molecule is Fc1cncc(I)c1NCl. The van der Waals surface area contributed by atoms with E-state index >= 15 is 0 Å². The van der Waals surface area contributed by atoms with Gasteiger partial charge in [-0.3, -0.25) is 9.82 Å². The Morgan fingerprint density at radius 1 is 1.60 bits per heavy atom. The maximum atomic E-state index is 12.6. The van der Waals surface area contributed by atoms with Crippen LogP contribution in [0.15, 0.2) is 12.4 Å². The summed E-state index contributed by atoms with van der Waals surface area (Å²) in [4.78, 5) is 5.82. The van der Waals surface area contributed by atoms with Crippen LogP contribution in [0, 0.1) is 9.39 Å². The third kappa shape index (κ3) is 1.49. The minimum Gasteiger partial charge on any atom is -0.294 e. The Kier molecular flexibility index (Phi) is 2.67. The lowest BCUT2D eigenvalue weighted by Crippen LogP contribution is -1.91. The quantitative estimate of drug-likeness (QED) is 0.627. The summed E-state index contributed by atoms with van der Waals surface area (Å²) in [5.74, 6) is -0.443. The highest BCUT2D eigenvalue weighted by Gasteiger charge is 2.03. The molecule has 1 aromatic heterocycles. The van der Waals surface area contributed by atoms with Crippen LogP contribution in [0.3, 0.4) is 0 Å². The Morgan fingerprint density at radius 3 is 2.70 bits per heavy atom. The van der Waals surface area contributed by atoms with Gasteiger partial charge in [-0.05, 0) is 22.6 Å². The number of hydrogen-bond donors (Lipinski definition) is 1. The van der Waals surface area contributed by atoms with E-state index in [1.165, 1.54) is 6.20 Å².